The summed E-state index contributed by atoms with van der Waals surface area (Å²) in [5.41, 5.74) is 10.8. The molecular weight excluding hydrogens is 404 g/mol. The standard InChI is InChI=1S/C24H24N6O2/c25-18-5-1-16(2-6-18)13-22(31)28-19-7-3-17(4-8-19)21-14-20-23(29-21)26-15-27-24(20)30-9-11-32-12-10-30/h1-8,14-15H,9-13,25H2,(H,28,31)(H,26,27,29). The molecule has 0 atom stereocenters. The summed E-state index contributed by atoms with van der Waals surface area (Å²) < 4.78 is 5.46. The molecule has 0 bridgehead atoms. The van der Waals surface area contributed by atoms with Crippen molar-refractivity contribution in [1.29, 1.82) is 0 Å². The first kappa shape index (κ1) is 20.0. The summed E-state index contributed by atoms with van der Waals surface area (Å²) in [6.07, 6.45) is 1.89. The molecule has 0 saturated carbocycles. The molecule has 8 heteroatoms. The van der Waals surface area contributed by atoms with Gasteiger partial charge in [0.1, 0.15) is 17.8 Å². The number of rotatable bonds is 5. The van der Waals surface area contributed by atoms with Crippen molar-refractivity contribution in [2.75, 3.05) is 42.3 Å². The van der Waals surface area contributed by atoms with Crippen LogP contribution in [0.3, 0.4) is 0 Å². The second-order valence-corrected chi connectivity index (χ2v) is 7.79. The first-order chi connectivity index (χ1) is 15.7. The maximum Gasteiger partial charge on any atom is 0.228 e. The topological polar surface area (TPSA) is 109 Å². The zero-order valence-corrected chi connectivity index (χ0v) is 17.5. The number of aromatic amines is 1. The van der Waals surface area contributed by atoms with Crippen molar-refractivity contribution in [3.63, 3.8) is 0 Å². The van der Waals surface area contributed by atoms with Crippen LogP contribution in [0.2, 0.25) is 0 Å². The number of nitrogen functional groups attached to an aromatic ring is 1. The van der Waals surface area contributed by atoms with Gasteiger partial charge in [-0.15, -0.1) is 0 Å². The van der Waals surface area contributed by atoms with Crippen LogP contribution < -0.4 is 16.0 Å². The van der Waals surface area contributed by atoms with Gasteiger partial charge < -0.3 is 25.7 Å². The van der Waals surface area contributed by atoms with Gasteiger partial charge in [-0.1, -0.05) is 24.3 Å². The molecular formula is C24H24N6O2. The number of hydrogen-bond donors (Lipinski definition) is 3. The number of fused-ring (bicyclic) bond motifs is 1. The Hall–Kier alpha value is -3.91. The molecule has 2 aromatic heterocycles. The monoisotopic (exact) mass is 428 g/mol. The molecule has 1 saturated heterocycles. The molecule has 3 heterocycles. The number of nitrogens with two attached hydrogens (primary N) is 1. The van der Waals surface area contributed by atoms with Crippen LogP contribution in [0.4, 0.5) is 17.2 Å². The molecule has 1 aliphatic heterocycles. The van der Waals surface area contributed by atoms with Crippen molar-refractivity contribution >= 4 is 34.1 Å². The van der Waals surface area contributed by atoms with Crippen molar-refractivity contribution in [3.8, 4) is 11.3 Å². The second kappa shape index (κ2) is 8.68. The van der Waals surface area contributed by atoms with Crippen molar-refractivity contribution in [2.24, 2.45) is 0 Å². The highest BCUT2D eigenvalue weighted by molar-refractivity contribution is 5.94. The fraction of sp³-hybridized carbons (Fsp3) is 0.208. The number of benzene rings is 2. The quantitative estimate of drug-likeness (QED) is 0.421. The van der Waals surface area contributed by atoms with Gasteiger partial charge in [0.05, 0.1) is 25.0 Å². The Morgan fingerprint density at radius 1 is 1.06 bits per heavy atom. The summed E-state index contributed by atoms with van der Waals surface area (Å²) in [5.74, 6) is 0.853. The Morgan fingerprint density at radius 2 is 1.81 bits per heavy atom. The molecule has 4 aromatic rings. The third kappa shape index (κ3) is 4.26. The summed E-state index contributed by atoms with van der Waals surface area (Å²) >= 11 is 0. The number of ether oxygens (including phenoxy) is 1. The third-order valence-electron chi connectivity index (χ3n) is 5.54. The Labute approximate surface area is 185 Å². The van der Waals surface area contributed by atoms with Gasteiger partial charge in [-0.2, -0.15) is 0 Å². The Bertz CT molecular complexity index is 1230. The number of nitrogens with one attached hydrogen (secondary N) is 2. The average molecular weight is 428 g/mol. The summed E-state index contributed by atoms with van der Waals surface area (Å²) in [6, 6.07) is 17.2. The highest BCUT2D eigenvalue weighted by atomic mass is 16.5. The minimum absolute atomic E-state index is 0.0708. The van der Waals surface area contributed by atoms with Gasteiger partial charge in [-0.3, -0.25) is 4.79 Å². The number of hydrogen-bond acceptors (Lipinski definition) is 6. The number of carbonyl (C=O) groups excluding carboxylic acids is 1. The minimum Gasteiger partial charge on any atom is -0.399 e. The first-order valence-electron chi connectivity index (χ1n) is 10.6. The molecule has 0 spiro atoms. The van der Waals surface area contributed by atoms with Gasteiger partial charge in [-0.25, -0.2) is 9.97 Å². The number of morpholine rings is 1. The van der Waals surface area contributed by atoms with E-state index in [-0.39, 0.29) is 5.91 Å². The van der Waals surface area contributed by atoms with Crippen LogP contribution in [0.1, 0.15) is 5.56 Å². The van der Waals surface area contributed by atoms with Gasteiger partial charge in [0.2, 0.25) is 5.91 Å². The van der Waals surface area contributed by atoms with Gasteiger partial charge in [0.15, 0.2) is 0 Å². The molecule has 162 valence electrons. The van der Waals surface area contributed by atoms with Crippen LogP contribution in [-0.2, 0) is 16.0 Å². The lowest BCUT2D eigenvalue weighted by Crippen LogP contribution is -2.36. The van der Waals surface area contributed by atoms with E-state index in [9.17, 15) is 4.79 Å². The molecule has 1 amide bonds. The highest BCUT2D eigenvalue weighted by Crippen LogP contribution is 2.29. The van der Waals surface area contributed by atoms with Crippen LogP contribution >= 0.6 is 0 Å². The van der Waals surface area contributed by atoms with E-state index in [1.807, 2.05) is 36.4 Å². The summed E-state index contributed by atoms with van der Waals surface area (Å²) in [5, 5.41) is 3.93. The lowest BCUT2D eigenvalue weighted by Gasteiger charge is -2.27. The van der Waals surface area contributed by atoms with Gasteiger partial charge in [0, 0.05) is 30.2 Å². The SMILES string of the molecule is Nc1ccc(CC(=O)Nc2ccc(-c3cc4c(N5CCOCC5)ncnc4[nH]3)cc2)cc1. The Kier molecular flexibility index (Phi) is 5.43. The van der Waals surface area contributed by atoms with E-state index in [1.165, 1.54) is 0 Å². The predicted octanol–water partition coefficient (Wildman–Crippen LogP) is 3.22. The lowest BCUT2D eigenvalue weighted by atomic mass is 10.1. The number of amides is 1. The number of aromatic nitrogens is 3. The number of anilines is 3. The van der Waals surface area contributed by atoms with E-state index in [1.54, 1.807) is 18.5 Å². The first-order valence-corrected chi connectivity index (χ1v) is 10.6. The molecule has 2 aromatic carbocycles. The van der Waals surface area contributed by atoms with Crippen LogP contribution in [0.5, 0.6) is 0 Å². The maximum atomic E-state index is 12.3. The van der Waals surface area contributed by atoms with E-state index in [2.05, 4.69) is 31.2 Å². The van der Waals surface area contributed by atoms with Crippen LogP contribution in [0.25, 0.3) is 22.3 Å². The molecule has 0 unspecified atom stereocenters. The van der Waals surface area contributed by atoms with Crippen LogP contribution in [0, 0.1) is 0 Å². The predicted molar refractivity (Wildman–Crippen MR) is 126 cm³/mol. The zero-order chi connectivity index (χ0) is 21.9. The minimum atomic E-state index is -0.0708. The van der Waals surface area contributed by atoms with Crippen molar-refractivity contribution in [2.45, 2.75) is 6.42 Å². The molecule has 1 aliphatic rings. The molecule has 32 heavy (non-hydrogen) atoms. The second-order valence-electron chi connectivity index (χ2n) is 7.79. The molecule has 0 radical (unpaired) electrons. The lowest BCUT2D eigenvalue weighted by molar-refractivity contribution is -0.115. The van der Waals surface area contributed by atoms with Crippen molar-refractivity contribution < 1.29 is 9.53 Å². The van der Waals surface area contributed by atoms with Crippen LogP contribution in [0.15, 0.2) is 60.9 Å². The van der Waals surface area contributed by atoms with E-state index >= 15 is 0 Å². The van der Waals surface area contributed by atoms with Crippen LogP contribution in [-0.4, -0.2) is 47.2 Å². The van der Waals surface area contributed by atoms with E-state index in [0.29, 0.717) is 25.3 Å². The number of H-pyrrole nitrogens is 1. The molecule has 8 nitrogen and oxygen atoms in total. The summed E-state index contributed by atoms with van der Waals surface area (Å²) in [6.45, 7) is 3.04. The van der Waals surface area contributed by atoms with Gasteiger partial charge >= 0.3 is 0 Å². The molecule has 4 N–H and O–H groups in total. The largest absolute Gasteiger partial charge is 0.399 e. The van der Waals surface area contributed by atoms with Crippen molar-refractivity contribution in [3.05, 3.63) is 66.5 Å². The molecule has 0 aliphatic carbocycles. The maximum absolute atomic E-state index is 12.3. The van der Waals surface area contributed by atoms with Crippen molar-refractivity contribution in [1.82, 2.24) is 15.0 Å². The fourth-order valence-electron chi connectivity index (χ4n) is 3.87. The molecule has 5 rings (SSSR count). The van der Waals surface area contributed by atoms with E-state index in [4.69, 9.17) is 10.5 Å². The van der Waals surface area contributed by atoms with Gasteiger partial charge in [-0.05, 0) is 41.5 Å². The smallest absolute Gasteiger partial charge is 0.228 e. The normalized spacial score (nSPS) is 13.9. The third-order valence-corrected chi connectivity index (χ3v) is 5.54. The average Bonchev–Trinajstić information content (AvgIpc) is 3.26. The Balaban J connectivity index is 1.31. The van der Waals surface area contributed by atoms with E-state index in [0.717, 1.165) is 52.4 Å². The highest BCUT2D eigenvalue weighted by Gasteiger charge is 2.17. The van der Waals surface area contributed by atoms with E-state index < -0.39 is 0 Å². The fourth-order valence-corrected chi connectivity index (χ4v) is 3.87. The summed E-state index contributed by atoms with van der Waals surface area (Å²) in [4.78, 5) is 26.9. The Morgan fingerprint density at radius 3 is 2.56 bits per heavy atom. The van der Waals surface area contributed by atoms with Gasteiger partial charge in [0.25, 0.3) is 0 Å². The molecule has 1 fully saturated rings. The number of nitrogens with zero attached hydrogens (tertiary/aromatic N) is 3. The summed E-state index contributed by atoms with van der Waals surface area (Å²) in [7, 11) is 0. The zero-order valence-electron chi connectivity index (χ0n) is 17.5. The number of carbonyl (C=O) groups is 1.